The summed E-state index contributed by atoms with van der Waals surface area (Å²) in [6.45, 7) is 1.59. The topological polar surface area (TPSA) is 73.5 Å². The average molecular weight is 158 g/mol. The first-order chi connectivity index (χ1) is 5.41. The van der Waals surface area contributed by atoms with E-state index in [0.29, 0.717) is 0 Å². The molecular weight excluding hydrogens is 144 g/mol. The Kier molecular flexibility index (Phi) is 7.84. The van der Waals surface area contributed by atoms with Gasteiger partial charge in [0.05, 0.1) is 14.1 Å². The van der Waals surface area contributed by atoms with Crippen molar-refractivity contribution in [2.75, 3.05) is 27.2 Å². The first-order valence-electron chi connectivity index (χ1n) is 3.45. The molecule has 0 unspecified atom stereocenters. The molecule has 0 rings (SSSR count). The molecule has 0 aromatic heterocycles. The highest BCUT2D eigenvalue weighted by Crippen LogP contribution is 1.73. The van der Waals surface area contributed by atoms with Crippen molar-refractivity contribution < 1.29 is 0 Å². The van der Waals surface area contributed by atoms with Gasteiger partial charge in [0, 0.05) is 13.1 Å². The minimum atomic E-state index is 0.795. The van der Waals surface area contributed by atoms with Gasteiger partial charge in [-0.15, -0.1) is 0 Å². The van der Waals surface area contributed by atoms with Crippen LogP contribution in [-0.2, 0) is 0 Å². The molecule has 0 aromatic carbocycles. The lowest BCUT2D eigenvalue weighted by Gasteiger charge is -1.97. The second kappa shape index (κ2) is 8.80. The first kappa shape index (κ1) is 9.80. The molecule has 0 saturated heterocycles. The van der Waals surface area contributed by atoms with Crippen LogP contribution in [0.1, 0.15) is 6.42 Å². The van der Waals surface area contributed by atoms with Crippen LogP contribution in [0.2, 0.25) is 0 Å². The van der Waals surface area contributed by atoms with Gasteiger partial charge in [0.2, 0.25) is 0 Å². The van der Waals surface area contributed by atoms with Gasteiger partial charge in [0.1, 0.15) is 0 Å². The van der Waals surface area contributed by atoms with Crippen LogP contribution in [0.25, 0.3) is 0 Å². The molecule has 0 amide bonds. The van der Waals surface area contributed by atoms with Gasteiger partial charge in [-0.2, -0.15) is 10.2 Å². The number of nitrogens with zero attached hydrogens (tertiary/aromatic N) is 4. The normalized spacial score (nSPS) is 11.1. The van der Waals surface area contributed by atoms with Crippen molar-refractivity contribution in [1.29, 1.82) is 0 Å². The van der Waals surface area contributed by atoms with E-state index >= 15 is 0 Å². The molecule has 0 aliphatic heterocycles. The zero-order valence-corrected chi connectivity index (χ0v) is 6.91. The van der Waals surface area contributed by atoms with E-state index in [0.717, 1.165) is 19.5 Å². The zero-order chi connectivity index (χ0) is 8.36. The van der Waals surface area contributed by atoms with Crippen LogP contribution in [-0.4, -0.2) is 27.2 Å². The fraction of sp³-hybridized carbons (Fsp3) is 1.00. The monoisotopic (exact) mass is 158 g/mol. The molecule has 0 aliphatic rings. The summed E-state index contributed by atoms with van der Waals surface area (Å²) in [4.78, 5) is 0. The molecule has 2 N–H and O–H groups in total. The predicted molar refractivity (Wildman–Crippen MR) is 42.2 cm³/mol. The smallest absolute Gasteiger partial charge is 0.0509 e. The van der Waals surface area contributed by atoms with Gasteiger partial charge < -0.3 is 0 Å². The molecule has 11 heavy (non-hydrogen) atoms. The summed E-state index contributed by atoms with van der Waals surface area (Å²) in [5, 5.41) is 14.2. The first-order valence-corrected chi connectivity index (χ1v) is 3.45. The van der Waals surface area contributed by atoms with Gasteiger partial charge in [-0.1, -0.05) is 10.4 Å². The number of hydrogen-bond donors (Lipinski definition) is 2. The number of rotatable bonds is 6. The second-order valence-corrected chi connectivity index (χ2v) is 1.77. The summed E-state index contributed by atoms with van der Waals surface area (Å²) in [6, 6.07) is 0. The van der Waals surface area contributed by atoms with Crippen LogP contribution in [0, 0.1) is 0 Å². The zero-order valence-electron chi connectivity index (χ0n) is 6.91. The van der Waals surface area contributed by atoms with Crippen molar-refractivity contribution in [3.05, 3.63) is 0 Å². The highest BCUT2D eigenvalue weighted by Gasteiger charge is 1.82. The van der Waals surface area contributed by atoms with Gasteiger partial charge in [-0.25, -0.2) is 0 Å². The summed E-state index contributed by atoms with van der Waals surface area (Å²) in [5.74, 6) is 0. The van der Waals surface area contributed by atoms with E-state index < -0.39 is 0 Å². The Morgan fingerprint density at radius 3 is 1.73 bits per heavy atom. The Morgan fingerprint density at radius 1 is 0.909 bits per heavy atom. The molecule has 0 bridgehead atoms. The highest BCUT2D eigenvalue weighted by molar-refractivity contribution is 4.42. The summed E-state index contributed by atoms with van der Waals surface area (Å²) >= 11 is 0. The maximum atomic E-state index is 3.58. The molecule has 6 heteroatoms. The number of hydrogen-bond acceptors (Lipinski definition) is 4. The van der Waals surface area contributed by atoms with Crippen molar-refractivity contribution in [2.24, 2.45) is 20.7 Å². The van der Waals surface area contributed by atoms with Crippen molar-refractivity contribution in [3.63, 3.8) is 0 Å². The second-order valence-electron chi connectivity index (χ2n) is 1.77. The third kappa shape index (κ3) is 8.80. The Labute approximate surface area is 66.1 Å². The van der Waals surface area contributed by atoms with Gasteiger partial charge in [0.25, 0.3) is 0 Å². The van der Waals surface area contributed by atoms with Crippen molar-refractivity contribution in [2.45, 2.75) is 6.42 Å². The molecule has 0 atom stereocenters. The van der Waals surface area contributed by atoms with Crippen molar-refractivity contribution in [3.8, 4) is 0 Å². The highest BCUT2D eigenvalue weighted by atomic mass is 15.4. The minimum Gasteiger partial charge on any atom is -0.292 e. The van der Waals surface area contributed by atoms with Gasteiger partial charge in [0.15, 0.2) is 0 Å². The average Bonchev–Trinajstić information content (AvgIpc) is 2.03. The largest absolute Gasteiger partial charge is 0.292 e. The lowest BCUT2D eigenvalue weighted by molar-refractivity contribution is 0.594. The van der Waals surface area contributed by atoms with Crippen LogP contribution in [0.15, 0.2) is 20.7 Å². The molecule has 6 nitrogen and oxygen atoms in total. The van der Waals surface area contributed by atoms with E-state index in [1.807, 2.05) is 0 Å². The molecular formula is C5H14N6. The van der Waals surface area contributed by atoms with E-state index in [1.165, 1.54) is 0 Å². The minimum absolute atomic E-state index is 0.795. The predicted octanol–water partition coefficient (Wildman–Crippen LogP) is 0.550. The lowest BCUT2D eigenvalue weighted by atomic mass is 10.4. The van der Waals surface area contributed by atoms with E-state index in [2.05, 4.69) is 31.5 Å². The van der Waals surface area contributed by atoms with Crippen LogP contribution < -0.4 is 10.9 Å². The summed E-state index contributed by atoms with van der Waals surface area (Å²) in [7, 11) is 3.24. The third-order valence-electron chi connectivity index (χ3n) is 0.919. The summed E-state index contributed by atoms with van der Waals surface area (Å²) in [6.07, 6.45) is 0.943. The molecule has 0 fully saturated rings. The summed E-state index contributed by atoms with van der Waals surface area (Å²) in [5.41, 5.74) is 5.52. The Morgan fingerprint density at radius 2 is 1.36 bits per heavy atom. The molecule has 0 saturated carbocycles. The molecule has 0 heterocycles. The summed E-state index contributed by atoms with van der Waals surface area (Å²) < 4.78 is 0. The fourth-order valence-electron chi connectivity index (χ4n) is 0.488. The molecule has 0 aliphatic carbocycles. The fourth-order valence-corrected chi connectivity index (χ4v) is 0.488. The number of nitrogens with one attached hydrogen (secondary N) is 2. The maximum absolute atomic E-state index is 3.58. The van der Waals surface area contributed by atoms with E-state index in [9.17, 15) is 0 Å². The van der Waals surface area contributed by atoms with Crippen molar-refractivity contribution >= 4 is 0 Å². The van der Waals surface area contributed by atoms with Crippen LogP contribution >= 0.6 is 0 Å². The standard InChI is InChI=1S/C5H14N6/c1-6-10-8-4-3-5-9-11-7-2/h3-5H2,1-2H3,(H,6,8)(H,7,9). The van der Waals surface area contributed by atoms with Gasteiger partial charge in [-0.3, -0.25) is 10.9 Å². The maximum Gasteiger partial charge on any atom is 0.0509 e. The molecule has 64 valence electrons. The lowest BCUT2D eigenvalue weighted by Crippen LogP contribution is -2.14. The SMILES string of the molecule is CN=NNCCCNN=NC. The van der Waals surface area contributed by atoms with Crippen LogP contribution in [0.4, 0.5) is 0 Å². The Balaban J connectivity index is 2.90. The van der Waals surface area contributed by atoms with Crippen LogP contribution in [0.3, 0.4) is 0 Å². The Bertz CT molecular complexity index is 106. The Hall–Kier alpha value is -1.20. The van der Waals surface area contributed by atoms with Crippen molar-refractivity contribution in [1.82, 2.24) is 10.9 Å². The van der Waals surface area contributed by atoms with E-state index in [1.54, 1.807) is 14.1 Å². The van der Waals surface area contributed by atoms with Crippen LogP contribution in [0.5, 0.6) is 0 Å². The van der Waals surface area contributed by atoms with Gasteiger partial charge in [-0.05, 0) is 6.42 Å². The quantitative estimate of drug-likeness (QED) is 0.336. The molecule has 0 radical (unpaired) electrons. The molecule has 0 aromatic rings. The third-order valence-corrected chi connectivity index (χ3v) is 0.919. The van der Waals surface area contributed by atoms with Gasteiger partial charge >= 0.3 is 0 Å². The van der Waals surface area contributed by atoms with E-state index in [4.69, 9.17) is 0 Å². The van der Waals surface area contributed by atoms with E-state index in [-0.39, 0.29) is 0 Å². The molecule has 0 spiro atoms.